The Morgan fingerprint density at radius 1 is 1.40 bits per heavy atom. The van der Waals surface area contributed by atoms with Crippen molar-refractivity contribution in [1.29, 1.82) is 0 Å². The van der Waals surface area contributed by atoms with E-state index in [2.05, 4.69) is 13.8 Å². The van der Waals surface area contributed by atoms with Gasteiger partial charge in [0.15, 0.2) is 0 Å². The van der Waals surface area contributed by atoms with Crippen molar-refractivity contribution in [2.45, 2.75) is 44.6 Å². The highest BCUT2D eigenvalue weighted by atomic mass is 35.5. The molecule has 1 aliphatic carbocycles. The van der Waals surface area contributed by atoms with Crippen LogP contribution in [-0.4, -0.2) is 18.5 Å². The maximum atomic E-state index is 12.8. The van der Waals surface area contributed by atoms with E-state index in [9.17, 15) is 4.79 Å². The van der Waals surface area contributed by atoms with Crippen LogP contribution in [0, 0.1) is 5.92 Å². The Labute approximate surface area is 125 Å². The van der Waals surface area contributed by atoms with Crippen LogP contribution in [-0.2, 0) is 10.2 Å². The number of hydrogen-bond acceptors (Lipinski definition) is 2. The Morgan fingerprint density at radius 3 is 2.80 bits per heavy atom. The highest BCUT2D eigenvalue weighted by molar-refractivity contribution is 6.32. The molecule has 3 nitrogen and oxygen atoms in total. The van der Waals surface area contributed by atoms with Crippen LogP contribution < -0.4 is 10.6 Å². The van der Waals surface area contributed by atoms with Gasteiger partial charge in [0.2, 0.25) is 5.91 Å². The number of benzene rings is 1. The molecule has 1 aromatic rings. The van der Waals surface area contributed by atoms with Crippen LogP contribution in [0.4, 0.5) is 5.69 Å². The molecule has 2 aliphatic rings. The maximum Gasteiger partial charge on any atom is 0.230 e. The van der Waals surface area contributed by atoms with Crippen molar-refractivity contribution in [2.24, 2.45) is 11.7 Å². The second-order valence-corrected chi connectivity index (χ2v) is 7.12. The fourth-order valence-corrected chi connectivity index (χ4v) is 4.05. The molecule has 1 heterocycles. The first kappa shape index (κ1) is 13.9. The van der Waals surface area contributed by atoms with Crippen molar-refractivity contribution in [3.05, 3.63) is 28.8 Å². The number of carbonyl (C=O) groups is 1. The third-order valence-electron chi connectivity index (χ3n) is 4.60. The van der Waals surface area contributed by atoms with E-state index in [-0.39, 0.29) is 23.3 Å². The molecule has 20 heavy (non-hydrogen) atoms. The normalized spacial score (nSPS) is 27.7. The van der Waals surface area contributed by atoms with Gasteiger partial charge in [-0.05, 0) is 31.4 Å². The van der Waals surface area contributed by atoms with Gasteiger partial charge in [0.1, 0.15) is 0 Å². The van der Waals surface area contributed by atoms with Crippen molar-refractivity contribution >= 4 is 23.2 Å². The minimum absolute atomic E-state index is 0.0748. The number of nitrogens with zero attached hydrogens (tertiary/aromatic N) is 1. The van der Waals surface area contributed by atoms with Gasteiger partial charge < -0.3 is 10.6 Å². The molecule has 0 bridgehead atoms. The Kier molecular flexibility index (Phi) is 3.30. The van der Waals surface area contributed by atoms with Crippen LogP contribution in [0.15, 0.2) is 18.2 Å². The lowest BCUT2D eigenvalue weighted by molar-refractivity contribution is -0.122. The second kappa shape index (κ2) is 4.74. The van der Waals surface area contributed by atoms with Gasteiger partial charge >= 0.3 is 0 Å². The van der Waals surface area contributed by atoms with Crippen LogP contribution in [0.25, 0.3) is 0 Å². The summed E-state index contributed by atoms with van der Waals surface area (Å²) in [5.41, 5.74) is 7.92. The second-order valence-electron chi connectivity index (χ2n) is 6.71. The van der Waals surface area contributed by atoms with E-state index in [1.54, 1.807) is 0 Å². The fraction of sp³-hybridized carbons (Fsp3) is 0.562. The topological polar surface area (TPSA) is 46.3 Å². The van der Waals surface area contributed by atoms with Crippen LogP contribution in [0.5, 0.6) is 0 Å². The molecule has 4 heteroatoms. The zero-order valence-corrected chi connectivity index (χ0v) is 12.8. The number of hydrogen-bond donors (Lipinski definition) is 1. The maximum absolute atomic E-state index is 12.8. The van der Waals surface area contributed by atoms with Gasteiger partial charge in [-0.15, -0.1) is 0 Å². The molecular formula is C16H21ClN2O. The average Bonchev–Trinajstić information content (AvgIpc) is 2.91. The smallest absolute Gasteiger partial charge is 0.230 e. The van der Waals surface area contributed by atoms with Gasteiger partial charge in [-0.3, -0.25) is 4.79 Å². The summed E-state index contributed by atoms with van der Waals surface area (Å²) < 4.78 is 0. The molecule has 0 spiro atoms. The van der Waals surface area contributed by atoms with E-state index >= 15 is 0 Å². The molecule has 108 valence electrons. The first-order valence-corrected chi connectivity index (χ1v) is 7.64. The molecule has 0 radical (unpaired) electrons. The van der Waals surface area contributed by atoms with Gasteiger partial charge in [0.25, 0.3) is 0 Å². The van der Waals surface area contributed by atoms with E-state index in [0.717, 1.165) is 35.5 Å². The van der Waals surface area contributed by atoms with E-state index < -0.39 is 0 Å². The zero-order chi connectivity index (χ0) is 14.5. The van der Waals surface area contributed by atoms with Crippen molar-refractivity contribution in [2.75, 3.05) is 11.4 Å². The Morgan fingerprint density at radius 2 is 2.15 bits per heavy atom. The summed E-state index contributed by atoms with van der Waals surface area (Å²) in [6.07, 6.45) is 2.68. The quantitative estimate of drug-likeness (QED) is 0.864. The molecule has 1 fully saturated rings. The SMILES string of the molecule is CC1(C)CN(C(=O)C2CCC(N)C2)c2cccc(Cl)c21. The van der Waals surface area contributed by atoms with E-state index in [1.807, 2.05) is 23.1 Å². The van der Waals surface area contributed by atoms with Crippen molar-refractivity contribution < 1.29 is 4.79 Å². The highest BCUT2D eigenvalue weighted by Gasteiger charge is 2.42. The minimum Gasteiger partial charge on any atom is -0.328 e. The Bertz CT molecular complexity index is 555. The van der Waals surface area contributed by atoms with Crippen molar-refractivity contribution in [3.63, 3.8) is 0 Å². The van der Waals surface area contributed by atoms with Crippen LogP contribution in [0.1, 0.15) is 38.7 Å². The molecule has 2 atom stereocenters. The summed E-state index contributed by atoms with van der Waals surface area (Å²) in [6, 6.07) is 6.01. The number of carbonyl (C=O) groups excluding carboxylic acids is 1. The van der Waals surface area contributed by atoms with Crippen molar-refractivity contribution in [3.8, 4) is 0 Å². The predicted molar refractivity (Wildman–Crippen MR) is 82.1 cm³/mol. The highest BCUT2D eigenvalue weighted by Crippen LogP contribution is 2.45. The van der Waals surface area contributed by atoms with E-state index in [1.165, 1.54) is 0 Å². The van der Waals surface area contributed by atoms with Gasteiger partial charge in [-0.1, -0.05) is 31.5 Å². The van der Waals surface area contributed by atoms with Crippen molar-refractivity contribution in [1.82, 2.24) is 0 Å². The molecule has 0 aromatic heterocycles. The predicted octanol–water partition coefficient (Wildman–Crippen LogP) is 3.09. The van der Waals surface area contributed by atoms with Crippen LogP contribution in [0.2, 0.25) is 5.02 Å². The lowest BCUT2D eigenvalue weighted by Gasteiger charge is -2.23. The van der Waals surface area contributed by atoms with Gasteiger partial charge in [-0.25, -0.2) is 0 Å². The van der Waals surface area contributed by atoms with E-state index in [0.29, 0.717) is 6.54 Å². The monoisotopic (exact) mass is 292 g/mol. The number of amides is 1. The molecule has 0 saturated heterocycles. The fourth-order valence-electron chi connectivity index (χ4n) is 3.62. The number of anilines is 1. The molecule has 2 N–H and O–H groups in total. The standard InChI is InChI=1S/C16H21ClN2O/c1-16(2)9-19(13-5-3-4-12(17)14(13)16)15(20)10-6-7-11(18)8-10/h3-5,10-11H,6-9,18H2,1-2H3. The summed E-state index contributed by atoms with van der Waals surface area (Å²) in [6.45, 7) is 4.99. The molecule has 2 unspecified atom stereocenters. The molecule has 3 rings (SSSR count). The third kappa shape index (κ3) is 2.13. The molecule has 1 saturated carbocycles. The number of halogens is 1. The Hall–Kier alpha value is -1.06. The first-order valence-electron chi connectivity index (χ1n) is 7.26. The zero-order valence-electron chi connectivity index (χ0n) is 12.0. The molecular weight excluding hydrogens is 272 g/mol. The molecule has 1 aromatic carbocycles. The average molecular weight is 293 g/mol. The lowest BCUT2D eigenvalue weighted by atomic mass is 9.87. The van der Waals surface area contributed by atoms with Gasteiger partial charge in [0, 0.05) is 40.2 Å². The summed E-state index contributed by atoms with van der Waals surface area (Å²) in [4.78, 5) is 14.7. The molecule has 1 aliphatic heterocycles. The number of fused-ring (bicyclic) bond motifs is 1. The summed E-state index contributed by atoms with van der Waals surface area (Å²) in [5.74, 6) is 0.290. The summed E-state index contributed by atoms with van der Waals surface area (Å²) in [5, 5.41) is 0.755. The van der Waals surface area contributed by atoms with Gasteiger partial charge in [-0.2, -0.15) is 0 Å². The van der Waals surface area contributed by atoms with Crippen LogP contribution in [0.3, 0.4) is 0 Å². The van der Waals surface area contributed by atoms with E-state index in [4.69, 9.17) is 17.3 Å². The van der Waals surface area contributed by atoms with Crippen LogP contribution >= 0.6 is 11.6 Å². The largest absolute Gasteiger partial charge is 0.328 e. The lowest BCUT2D eigenvalue weighted by Crippen LogP contribution is -2.37. The van der Waals surface area contributed by atoms with Gasteiger partial charge in [0.05, 0.1) is 0 Å². The first-order chi connectivity index (χ1) is 9.40. The summed E-state index contributed by atoms with van der Waals surface area (Å²) in [7, 11) is 0. The third-order valence-corrected chi connectivity index (χ3v) is 4.92. The number of rotatable bonds is 1. The Balaban J connectivity index is 1.94. The number of nitrogens with two attached hydrogens (primary N) is 1. The molecule has 1 amide bonds. The summed E-state index contributed by atoms with van der Waals surface area (Å²) >= 11 is 6.35. The minimum atomic E-state index is -0.0932.